The van der Waals surface area contributed by atoms with Crippen LogP contribution in [-0.2, 0) is 6.42 Å². The molecule has 0 bridgehead atoms. The fourth-order valence-corrected chi connectivity index (χ4v) is 3.60. The van der Waals surface area contributed by atoms with Gasteiger partial charge >= 0.3 is 0 Å². The summed E-state index contributed by atoms with van der Waals surface area (Å²) < 4.78 is 7.40. The van der Waals surface area contributed by atoms with Gasteiger partial charge in [0.05, 0.1) is 29.1 Å². The Morgan fingerprint density at radius 1 is 0.967 bits per heavy atom. The Labute approximate surface area is 170 Å². The molecular formula is C22H15N7O. The molecule has 0 unspecified atom stereocenters. The average Bonchev–Trinajstić information content (AvgIpc) is 3.53. The van der Waals surface area contributed by atoms with Crippen molar-refractivity contribution in [2.24, 2.45) is 0 Å². The maximum Gasteiger partial charge on any atom is 0.278 e. The zero-order chi connectivity index (χ0) is 19.9. The van der Waals surface area contributed by atoms with E-state index in [1.165, 1.54) is 0 Å². The molecule has 0 aliphatic heterocycles. The van der Waals surface area contributed by atoms with Crippen LogP contribution in [0, 0.1) is 0 Å². The number of rotatable bonds is 4. The summed E-state index contributed by atoms with van der Waals surface area (Å²) in [7, 11) is 0. The lowest BCUT2D eigenvalue weighted by Crippen LogP contribution is -2.00. The highest BCUT2D eigenvalue weighted by Gasteiger charge is 2.17. The smallest absolute Gasteiger partial charge is 0.278 e. The fourth-order valence-electron chi connectivity index (χ4n) is 3.60. The third kappa shape index (κ3) is 2.74. The summed E-state index contributed by atoms with van der Waals surface area (Å²) in [6, 6.07) is 17.9. The van der Waals surface area contributed by atoms with Crippen molar-refractivity contribution in [3.63, 3.8) is 0 Å². The van der Waals surface area contributed by atoms with E-state index >= 15 is 0 Å². The molecule has 0 saturated carbocycles. The van der Waals surface area contributed by atoms with Crippen LogP contribution in [0.4, 0.5) is 0 Å². The molecule has 4 aromatic heterocycles. The topological polar surface area (TPSA) is 98.3 Å². The van der Waals surface area contributed by atoms with Gasteiger partial charge in [-0.2, -0.15) is 15.2 Å². The van der Waals surface area contributed by atoms with Crippen molar-refractivity contribution in [3.05, 3.63) is 84.6 Å². The van der Waals surface area contributed by atoms with E-state index in [-0.39, 0.29) is 0 Å². The number of nitrogens with one attached hydrogen (secondary N) is 1. The first-order chi connectivity index (χ1) is 14.8. The number of nitrogens with zero attached hydrogens (tertiary/aromatic N) is 6. The Balaban J connectivity index is 1.37. The highest BCUT2D eigenvalue weighted by atomic mass is 16.5. The number of H-pyrrole nitrogens is 1. The summed E-state index contributed by atoms with van der Waals surface area (Å²) >= 11 is 0. The molecule has 0 fully saturated rings. The Morgan fingerprint density at radius 3 is 2.93 bits per heavy atom. The first-order valence-corrected chi connectivity index (χ1v) is 9.48. The predicted octanol–water partition coefficient (Wildman–Crippen LogP) is 3.94. The monoisotopic (exact) mass is 393 g/mol. The molecule has 1 N–H and O–H groups in total. The van der Waals surface area contributed by atoms with Gasteiger partial charge in [0.2, 0.25) is 0 Å². The van der Waals surface area contributed by atoms with E-state index in [0.29, 0.717) is 23.8 Å². The van der Waals surface area contributed by atoms with Crippen molar-refractivity contribution in [2.45, 2.75) is 6.42 Å². The van der Waals surface area contributed by atoms with Crippen LogP contribution in [0.3, 0.4) is 0 Å². The molecule has 4 heterocycles. The van der Waals surface area contributed by atoms with Crippen LogP contribution in [0.1, 0.15) is 11.4 Å². The van der Waals surface area contributed by atoms with Gasteiger partial charge in [0, 0.05) is 23.4 Å². The molecule has 6 aromatic rings. The molecule has 30 heavy (non-hydrogen) atoms. The van der Waals surface area contributed by atoms with Crippen LogP contribution in [0.5, 0.6) is 0 Å². The molecule has 0 aliphatic carbocycles. The van der Waals surface area contributed by atoms with Gasteiger partial charge in [0.1, 0.15) is 0 Å². The Kier molecular flexibility index (Phi) is 3.67. The summed E-state index contributed by atoms with van der Waals surface area (Å²) in [5, 5.41) is 17.8. The number of pyridine rings is 1. The number of aromatic nitrogens is 7. The standard InChI is InChI=1S/C22H15N7O/c1-2-5-18-15(4-1)13-25-29(18)19-6-3-9-23-21(19)22-26-20(28-30-22)11-14-7-8-17-16(10-14)12-24-27-17/h1-10,12-13H,11H2,(H,24,27). The SMILES string of the molecule is c1cnc(-c2nc(Cc3ccc4[nH]ncc4c3)no2)c(-n2ncc3ccccc32)c1. The zero-order valence-electron chi connectivity index (χ0n) is 15.7. The molecule has 8 heteroatoms. The second-order valence-corrected chi connectivity index (χ2v) is 6.97. The molecular weight excluding hydrogens is 378 g/mol. The van der Waals surface area contributed by atoms with Gasteiger partial charge < -0.3 is 4.52 Å². The summed E-state index contributed by atoms with van der Waals surface area (Å²) in [5.74, 6) is 0.958. The van der Waals surface area contributed by atoms with Crippen LogP contribution in [0.25, 0.3) is 39.1 Å². The third-order valence-corrected chi connectivity index (χ3v) is 5.03. The Bertz CT molecular complexity index is 1490. The van der Waals surface area contributed by atoms with E-state index < -0.39 is 0 Å². The van der Waals surface area contributed by atoms with Gasteiger partial charge in [0.15, 0.2) is 11.5 Å². The molecule has 0 spiro atoms. The van der Waals surface area contributed by atoms with Crippen molar-refractivity contribution in [1.29, 1.82) is 0 Å². The molecule has 0 amide bonds. The Hall–Kier alpha value is -4.33. The largest absolute Gasteiger partial charge is 0.332 e. The predicted molar refractivity (Wildman–Crippen MR) is 111 cm³/mol. The fraction of sp³-hybridized carbons (Fsp3) is 0.0455. The van der Waals surface area contributed by atoms with Gasteiger partial charge in [-0.15, -0.1) is 0 Å². The molecule has 2 aromatic carbocycles. The van der Waals surface area contributed by atoms with Crippen LogP contribution in [0.2, 0.25) is 0 Å². The minimum Gasteiger partial charge on any atom is -0.332 e. The minimum atomic E-state index is 0.365. The first kappa shape index (κ1) is 16.6. The maximum absolute atomic E-state index is 5.56. The van der Waals surface area contributed by atoms with Gasteiger partial charge in [0.25, 0.3) is 5.89 Å². The van der Waals surface area contributed by atoms with Crippen molar-refractivity contribution in [2.75, 3.05) is 0 Å². The molecule has 8 nitrogen and oxygen atoms in total. The van der Waals surface area contributed by atoms with E-state index in [1.54, 1.807) is 12.4 Å². The third-order valence-electron chi connectivity index (χ3n) is 5.03. The molecule has 0 atom stereocenters. The van der Waals surface area contributed by atoms with Gasteiger partial charge in [-0.3, -0.25) is 5.10 Å². The molecule has 0 radical (unpaired) electrons. The summed E-state index contributed by atoms with van der Waals surface area (Å²) in [6.07, 6.45) is 5.89. The van der Waals surface area contributed by atoms with Gasteiger partial charge in [-0.25, -0.2) is 9.67 Å². The quantitative estimate of drug-likeness (QED) is 0.487. The lowest BCUT2D eigenvalue weighted by Gasteiger charge is -2.06. The van der Waals surface area contributed by atoms with Crippen LogP contribution in [0.15, 0.2) is 77.7 Å². The van der Waals surface area contributed by atoms with Crippen molar-refractivity contribution in [1.82, 2.24) is 35.1 Å². The highest BCUT2D eigenvalue weighted by Crippen LogP contribution is 2.26. The molecule has 0 saturated heterocycles. The number of benzene rings is 2. The molecule has 6 rings (SSSR count). The van der Waals surface area contributed by atoms with Crippen LogP contribution >= 0.6 is 0 Å². The van der Waals surface area contributed by atoms with Gasteiger partial charge in [-0.1, -0.05) is 29.4 Å². The van der Waals surface area contributed by atoms with Crippen LogP contribution in [-0.4, -0.2) is 35.1 Å². The summed E-state index contributed by atoms with van der Waals surface area (Å²) in [6.45, 7) is 0. The number of hydrogen-bond acceptors (Lipinski definition) is 6. The minimum absolute atomic E-state index is 0.365. The van der Waals surface area contributed by atoms with Crippen LogP contribution < -0.4 is 0 Å². The van der Waals surface area contributed by atoms with E-state index in [0.717, 1.165) is 33.1 Å². The van der Waals surface area contributed by atoms with Crippen molar-refractivity contribution >= 4 is 21.8 Å². The van der Waals surface area contributed by atoms with Crippen molar-refractivity contribution < 1.29 is 4.52 Å². The lowest BCUT2D eigenvalue weighted by atomic mass is 10.1. The number of aromatic amines is 1. The Morgan fingerprint density at radius 2 is 1.93 bits per heavy atom. The van der Waals surface area contributed by atoms with Crippen molar-refractivity contribution in [3.8, 4) is 17.3 Å². The van der Waals surface area contributed by atoms with Gasteiger partial charge in [-0.05, 0) is 35.9 Å². The number of fused-ring (bicyclic) bond motifs is 2. The summed E-state index contributed by atoms with van der Waals surface area (Å²) in [4.78, 5) is 9.09. The normalized spacial score (nSPS) is 11.5. The lowest BCUT2D eigenvalue weighted by molar-refractivity contribution is 0.422. The van der Waals surface area contributed by atoms with E-state index in [1.807, 2.05) is 59.4 Å². The maximum atomic E-state index is 5.56. The number of para-hydroxylation sites is 1. The second kappa shape index (κ2) is 6.63. The van der Waals surface area contributed by atoms with E-state index in [4.69, 9.17) is 4.52 Å². The van der Waals surface area contributed by atoms with E-state index in [2.05, 4.69) is 36.5 Å². The zero-order valence-corrected chi connectivity index (χ0v) is 15.7. The average molecular weight is 393 g/mol. The molecule has 0 aliphatic rings. The van der Waals surface area contributed by atoms with E-state index in [9.17, 15) is 0 Å². The highest BCUT2D eigenvalue weighted by molar-refractivity contribution is 5.81. The summed E-state index contributed by atoms with van der Waals surface area (Å²) in [5.41, 5.74) is 4.44. The molecule has 144 valence electrons. The second-order valence-electron chi connectivity index (χ2n) is 6.97. The number of hydrogen-bond donors (Lipinski definition) is 1. The first-order valence-electron chi connectivity index (χ1n) is 9.48.